The van der Waals surface area contributed by atoms with E-state index in [1.165, 1.54) is 0 Å². The number of thiol groups is 1. The lowest BCUT2D eigenvalue weighted by Crippen LogP contribution is -2.58. The first kappa shape index (κ1) is 30.4. The van der Waals surface area contributed by atoms with E-state index in [-0.39, 0.29) is 31.1 Å². The number of carboxylic acids is 2. The van der Waals surface area contributed by atoms with E-state index in [0.29, 0.717) is 0 Å². The van der Waals surface area contributed by atoms with Gasteiger partial charge in [-0.2, -0.15) is 12.6 Å². The maximum absolute atomic E-state index is 12.5. The van der Waals surface area contributed by atoms with Gasteiger partial charge in [0.15, 0.2) is 5.96 Å². The summed E-state index contributed by atoms with van der Waals surface area (Å²) in [6, 6.07) is -5.79. The van der Waals surface area contributed by atoms with Crippen LogP contribution in [-0.4, -0.2) is 88.2 Å². The highest BCUT2D eigenvalue weighted by molar-refractivity contribution is 7.80. The van der Waals surface area contributed by atoms with Gasteiger partial charge >= 0.3 is 11.9 Å². The highest BCUT2D eigenvalue weighted by Crippen LogP contribution is 2.03. The quantitative estimate of drug-likeness (QED) is 0.0410. The van der Waals surface area contributed by atoms with Crippen LogP contribution in [0.3, 0.4) is 0 Å². The lowest BCUT2D eigenvalue weighted by atomic mass is 10.1. The summed E-state index contributed by atoms with van der Waals surface area (Å²) in [6.07, 6.45) is -1.27. The monoisotopic (exact) mass is 506 g/mol. The van der Waals surface area contributed by atoms with Crippen molar-refractivity contribution >= 4 is 54.2 Å². The number of hydrogen-bond acceptors (Lipinski definition) is 9. The van der Waals surface area contributed by atoms with Crippen molar-refractivity contribution in [2.75, 3.05) is 12.3 Å². The summed E-state index contributed by atoms with van der Waals surface area (Å²) < 4.78 is 0. The molecule has 16 nitrogen and oxygen atoms in total. The molecule has 0 bridgehead atoms. The maximum Gasteiger partial charge on any atom is 0.326 e. The van der Waals surface area contributed by atoms with Crippen molar-refractivity contribution < 1.29 is 39.0 Å². The van der Waals surface area contributed by atoms with Gasteiger partial charge in [0.05, 0.1) is 18.9 Å². The SMILES string of the molecule is NC(=O)CC(N)C(=O)NC(CS)C(=O)NC(CC(=O)O)C(=O)NC(CCCN=C(N)N)C(=O)O. The van der Waals surface area contributed by atoms with E-state index in [4.69, 9.17) is 28.0 Å². The molecule has 0 saturated heterocycles. The van der Waals surface area contributed by atoms with Crippen molar-refractivity contribution in [3.05, 3.63) is 0 Å². The van der Waals surface area contributed by atoms with Crippen molar-refractivity contribution in [3.8, 4) is 0 Å². The number of primary amides is 1. The number of guanidine groups is 1. The Kier molecular flexibility index (Phi) is 13.7. The van der Waals surface area contributed by atoms with Gasteiger partial charge in [0.25, 0.3) is 0 Å². The summed E-state index contributed by atoms with van der Waals surface area (Å²) >= 11 is 3.93. The Balaban J connectivity index is 5.27. The van der Waals surface area contributed by atoms with E-state index in [9.17, 15) is 33.9 Å². The van der Waals surface area contributed by atoms with E-state index in [2.05, 4.69) is 33.6 Å². The van der Waals surface area contributed by atoms with Crippen molar-refractivity contribution in [1.82, 2.24) is 16.0 Å². The number of aliphatic imine (C=N–C) groups is 1. The zero-order valence-corrected chi connectivity index (χ0v) is 19.0. The Morgan fingerprint density at radius 3 is 1.82 bits per heavy atom. The molecule has 4 amide bonds. The molecule has 192 valence electrons. The fourth-order valence-corrected chi connectivity index (χ4v) is 2.73. The summed E-state index contributed by atoms with van der Waals surface area (Å²) in [5.74, 6) is -7.16. The third-order valence-electron chi connectivity index (χ3n) is 4.15. The molecule has 4 unspecified atom stereocenters. The van der Waals surface area contributed by atoms with Crippen molar-refractivity contribution in [2.45, 2.75) is 49.9 Å². The van der Waals surface area contributed by atoms with Gasteiger partial charge in [0.1, 0.15) is 18.1 Å². The molecular weight excluding hydrogens is 476 g/mol. The minimum atomic E-state index is -1.68. The minimum Gasteiger partial charge on any atom is -0.481 e. The first-order chi connectivity index (χ1) is 15.8. The number of nitrogens with one attached hydrogen (secondary N) is 3. The van der Waals surface area contributed by atoms with E-state index >= 15 is 0 Å². The van der Waals surface area contributed by atoms with Crippen LogP contribution in [0, 0.1) is 0 Å². The number of rotatable bonds is 16. The molecule has 4 atom stereocenters. The van der Waals surface area contributed by atoms with Crippen LogP contribution in [-0.2, 0) is 28.8 Å². The molecule has 0 rings (SSSR count). The summed E-state index contributed by atoms with van der Waals surface area (Å²) in [7, 11) is 0. The van der Waals surface area contributed by atoms with E-state index in [0.717, 1.165) is 0 Å². The zero-order valence-electron chi connectivity index (χ0n) is 18.1. The molecule has 0 saturated carbocycles. The minimum absolute atomic E-state index is 0.0847. The molecule has 0 aromatic rings. The topological polar surface area (TPSA) is 295 Å². The largest absolute Gasteiger partial charge is 0.481 e. The molecule has 17 heteroatoms. The fraction of sp³-hybridized carbons (Fsp3) is 0.588. The van der Waals surface area contributed by atoms with Gasteiger partial charge in [0.2, 0.25) is 23.6 Å². The van der Waals surface area contributed by atoms with Crippen LogP contribution in [0.5, 0.6) is 0 Å². The van der Waals surface area contributed by atoms with E-state index in [1.54, 1.807) is 0 Å². The van der Waals surface area contributed by atoms with Gasteiger partial charge in [-0.15, -0.1) is 0 Å². The van der Waals surface area contributed by atoms with Gasteiger partial charge in [-0.1, -0.05) is 0 Å². The Morgan fingerprint density at radius 2 is 1.35 bits per heavy atom. The normalized spacial score (nSPS) is 13.9. The number of nitrogens with two attached hydrogens (primary N) is 4. The molecule has 0 spiro atoms. The van der Waals surface area contributed by atoms with E-state index < -0.39 is 72.6 Å². The Labute approximate surface area is 199 Å². The van der Waals surface area contributed by atoms with Gasteiger partial charge in [-0.3, -0.25) is 29.0 Å². The lowest BCUT2D eigenvalue weighted by Gasteiger charge is -2.23. The zero-order chi connectivity index (χ0) is 26.4. The Bertz CT molecular complexity index is 804. The summed E-state index contributed by atoms with van der Waals surface area (Å²) in [4.78, 5) is 74.2. The van der Waals surface area contributed by atoms with Gasteiger partial charge in [-0.25, -0.2) is 4.79 Å². The van der Waals surface area contributed by atoms with Crippen molar-refractivity contribution in [1.29, 1.82) is 0 Å². The number of carboxylic acid groups (broad SMARTS) is 2. The first-order valence-corrected chi connectivity index (χ1v) is 10.5. The van der Waals surface area contributed by atoms with Gasteiger partial charge in [0, 0.05) is 12.3 Å². The number of amides is 4. The second kappa shape index (κ2) is 15.3. The molecule has 34 heavy (non-hydrogen) atoms. The predicted octanol–water partition coefficient (Wildman–Crippen LogP) is -4.81. The Morgan fingerprint density at radius 1 is 0.824 bits per heavy atom. The third kappa shape index (κ3) is 12.4. The Hall–Kier alpha value is -3.60. The van der Waals surface area contributed by atoms with Gasteiger partial charge < -0.3 is 49.1 Å². The molecular formula is C17H30N8O8S. The van der Waals surface area contributed by atoms with Crippen molar-refractivity contribution in [2.24, 2.45) is 27.9 Å². The third-order valence-corrected chi connectivity index (χ3v) is 4.51. The smallest absolute Gasteiger partial charge is 0.326 e. The molecule has 0 aliphatic carbocycles. The molecule has 0 aliphatic heterocycles. The number of carbonyl (C=O) groups excluding carboxylic acids is 4. The summed E-state index contributed by atoms with van der Waals surface area (Å²) in [6.45, 7) is 0.0957. The molecule has 0 heterocycles. The molecule has 0 radical (unpaired) electrons. The van der Waals surface area contributed by atoms with Crippen LogP contribution < -0.4 is 38.9 Å². The molecule has 13 N–H and O–H groups in total. The molecule has 0 aromatic heterocycles. The average Bonchev–Trinajstić information content (AvgIpc) is 2.71. The van der Waals surface area contributed by atoms with Crippen LogP contribution in [0.1, 0.15) is 25.7 Å². The molecule has 0 aliphatic rings. The highest BCUT2D eigenvalue weighted by atomic mass is 32.1. The van der Waals surface area contributed by atoms with Crippen LogP contribution in [0.25, 0.3) is 0 Å². The number of carbonyl (C=O) groups is 6. The molecule has 0 fully saturated rings. The number of aliphatic carboxylic acids is 2. The maximum atomic E-state index is 12.5. The van der Waals surface area contributed by atoms with Crippen LogP contribution in [0.15, 0.2) is 4.99 Å². The number of nitrogens with zero attached hydrogens (tertiary/aromatic N) is 1. The number of hydrogen-bond donors (Lipinski definition) is 10. The van der Waals surface area contributed by atoms with Crippen LogP contribution in [0.4, 0.5) is 0 Å². The van der Waals surface area contributed by atoms with Crippen molar-refractivity contribution in [3.63, 3.8) is 0 Å². The van der Waals surface area contributed by atoms with Crippen LogP contribution in [0.2, 0.25) is 0 Å². The predicted molar refractivity (Wildman–Crippen MR) is 121 cm³/mol. The summed E-state index contributed by atoms with van der Waals surface area (Å²) in [5, 5.41) is 24.9. The summed E-state index contributed by atoms with van der Waals surface area (Å²) in [5.41, 5.74) is 20.8. The average molecular weight is 507 g/mol. The molecule has 0 aromatic carbocycles. The fourth-order valence-electron chi connectivity index (χ4n) is 2.47. The lowest BCUT2D eigenvalue weighted by molar-refractivity contribution is -0.143. The second-order valence-corrected chi connectivity index (χ2v) is 7.39. The van der Waals surface area contributed by atoms with Gasteiger partial charge in [-0.05, 0) is 12.8 Å². The second-order valence-electron chi connectivity index (χ2n) is 7.03. The van der Waals surface area contributed by atoms with Crippen LogP contribution >= 0.6 is 12.6 Å². The first-order valence-electron chi connectivity index (χ1n) is 9.84. The van der Waals surface area contributed by atoms with E-state index in [1.807, 2.05) is 0 Å². The standard InChI is InChI=1S/C17H30N8O8S/c18-7(4-11(19)26)13(29)25-10(6-34)15(31)24-9(5-12(27)28)14(30)23-8(16(32)33)2-1-3-22-17(20)21/h7-10,34H,1-6,18H2,(H2,19,26)(H,23,30)(H,24,31)(H,25,29)(H,27,28)(H,32,33)(H4,20,21,22). The highest BCUT2D eigenvalue weighted by Gasteiger charge is 2.31.